The predicted molar refractivity (Wildman–Crippen MR) is 105 cm³/mol. The van der Waals surface area contributed by atoms with Gasteiger partial charge in [-0.15, -0.1) is 0 Å². The molecule has 0 aliphatic rings. The molecule has 2 atom stereocenters. The van der Waals surface area contributed by atoms with E-state index in [-0.39, 0.29) is 19.2 Å². The van der Waals surface area contributed by atoms with Crippen LogP contribution in [0.4, 0.5) is 4.79 Å². The van der Waals surface area contributed by atoms with Crippen molar-refractivity contribution in [3.63, 3.8) is 0 Å². The molecule has 8 nitrogen and oxygen atoms in total. The number of hydrogen-bond acceptors (Lipinski definition) is 7. The summed E-state index contributed by atoms with van der Waals surface area (Å²) in [5, 5.41) is 11.8. The Morgan fingerprint density at radius 3 is 2.21 bits per heavy atom. The summed E-state index contributed by atoms with van der Waals surface area (Å²) in [6, 6.07) is 6.11. The molecule has 1 rings (SSSR count). The molecule has 0 saturated carbocycles. The minimum Gasteiger partial charge on any atom is -0.467 e. The van der Waals surface area contributed by atoms with E-state index in [0.29, 0.717) is 0 Å². The van der Waals surface area contributed by atoms with Crippen molar-refractivity contribution in [1.82, 2.24) is 5.32 Å². The van der Waals surface area contributed by atoms with Crippen molar-refractivity contribution in [1.29, 1.82) is 0 Å². The van der Waals surface area contributed by atoms with Crippen LogP contribution in [0.25, 0.3) is 0 Å². The summed E-state index contributed by atoms with van der Waals surface area (Å²) in [6.07, 6.45) is -0.906. The first kappa shape index (κ1) is 24.1. The van der Waals surface area contributed by atoms with Crippen molar-refractivity contribution in [3.05, 3.63) is 35.4 Å². The van der Waals surface area contributed by atoms with Crippen LogP contribution in [0.1, 0.15) is 38.8 Å². The molecule has 0 spiro atoms. The van der Waals surface area contributed by atoms with E-state index in [1.807, 2.05) is 0 Å². The molecule has 0 aromatic heterocycles. The van der Waals surface area contributed by atoms with Crippen LogP contribution >= 0.6 is 7.37 Å². The highest BCUT2D eigenvalue weighted by molar-refractivity contribution is 7.57. The third kappa shape index (κ3) is 8.42. The maximum Gasteiger partial charge on any atom is 0.408 e. The van der Waals surface area contributed by atoms with Crippen LogP contribution in [-0.4, -0.2) is 48.9 Å². The molecule has 0 aliphatic heterocycles. The lowest BCUT2D eigenvalue weighted by Gasteiger charge is -2.22. The second-order valence-electron chi connectivity index (χ2n) is 7.27. The van der Waals surface area contributed by atoms with E-state index in [1.54, 1.807) is 52.0 Å². The van der Waals surface area contributed by atoms with Gasteiger partial charge in [0.2, 0.25) is 7.37 Å². The summed E-state index contributed by atoms with van der Waals surface area (Å²) >= 11 is 0. The molecule has 1 unspecified atom stereocenters. The van der Waals surface area contributed by atoms with E-state index in [2.05, 4.69) is 5.32 Å². The number of carbonyl (C=O) groups excluding carboxylic acids is 2. The first-order valence-corrected chi connectivity index (χ1v) is 11.0. The van der Waals surface area contributed by atoms with Crippen molar-refractivity contribution in [3.8, 4) is 0 Å². The Kier molecular flexibility index (Phi) is 9.14. The van der Waals surface area contributed by atoms with Crippen molar-refractivity contribution in [2.24, 2.45) is 0 Å². The summed E-state index contributed by atoms with van der Waals surface area (Å²) in [4.78, 5) is 24.0. The number of esters is 1. The third-order valence-corrected chi connectivity index (χ3v) is 5.65. The zero-order valence-corrected chi connectivity index (χ0v) is 18.0. The number of nitrogens with one attached hydrogen (secondary N) is 1. The Morgan fingerprint density at radius 1 is 1.18 bits per heavy atom. The summed E-state index contributed by atoms with van der Waals surface area (Å²) < 4.78 is 27.5. The SMILES string of the molecule is CCOP(=O)(CO)Cc1ccc(C[C@H](NC(=O)OC(C)(C)C)C(=O)OC)cc1. The molecule has 158 valence electrons. The molecule has 0 aliphatic carbocycles. The number of amides is 1. The molecule has 1 amide bonds. The maximum absolute atomic E-state index is 12.4. The molecule has 0 heterocycles. The molecule has 0 bridgehead atoms. The van der Waals surface area contributed by atoms with E-state index in [9.17, 15) is 19.3 Å². The van der Waals surface area contributed by atoms with Crippen LogP contribution in [-0.2, 0) is 35.9 Å². The molecule has 9 heteroatoms. The molecule has 0 fully saturated rings. The van der Waals surface area contributed by atoms with Gasteiger partial charge < -0.3 is 24.4 Å². The smallest absolute Gasteiger partial charge is 0.408 e. The summed E-state index contributed by atoms with van der Waals surface area (Å²) in [6.45, 7) is 7.16. The normalized spacial score (nSPS) is 14.6. The van der Waals surface area contributed by atoms with Crippen molar-refractivity contribution in [2.45, 2.75) is 51.9 Å². The van der Waals surface area contributed by atoms with E-state index in [4.69, 9.17) is 14.0 Å². The topological polar surface area (TPSA) is 111 Å². The van der Waals surface area contributed by atoms with Crippen LogP contribution in [0.5, 0.6) is 0 Å². The quantitative estimate of drug-likeness (QED) is 0.471. The zero-order valence-electron chi connectivity index (χ0n) is 17.1. The highest BCUT2D eigenvalue weighted by Crippen LogP contribution is 2.48. The van der Waals surface area contributed by atoms with Gasteiger partial charge in [0.1, 0.15) is 18.0 Å². The second kappa shape index (κ2) is 10.6. The molecular weight excluding hydrogens is 385 g/mol. The molecule has 2 N–H and O–H groups in total. The first-order valence-electron chi connectivity index (χ1n) is 9.00. The van der Waals surface area contributed by atoms with Gasteiger partial charge >= 0.3 is 12.1 Å². The van der Waals surface area contributed by atoms with E-state index in [0.717, 1.165) is 11.1 Å². The highest BCUT2D eigenvalue weighted by atomic mass is 31.2. The van der Waals surface area contributed by atoms with Gasteiger partial charge in [-0.25, -0.2) is 9.59 Å². The largest absolute Gasteiger partial charge is 0.467 e. The number of ether oxygens (including phenoxy) is 2. The monoisotopic (exact) mass is 415 g/mol. The summed E-state index contributed by atoms with van der Waals surface area (Å²) in [5.74, 6) is -0.587. The van der Waals surface area contributed by atoms with Crippen molar-refractivity contribution >= 4 is 19.4 Å². The Hall–Kier alpha value is -1.89. The van der Waals surface area contributed by atoms with Crippen LogP contribution in [0.3, 0.4) is 0 Å². The van der Waals surface area contributed by atoms with E-state index < -0.39 is 37.4 Å². The van der Waals surface area contributed by atoms with Gasteiger partial charge in [0.05, 0.1) is 19.9 Å². The molecule has 1 aromatic carbocycles. The Bertz CT molecular complexity index is 697. The average molecular weight is 415 g/mol. The number of methoxy groups -OCH3 is 1. The summed E-state index contributed by atoms with van der Waals surface area (Å²) in [5.41, 5.74) is 0.822. The van der Waals surface area contributed by atoms with Gasteiger partial charge in [0.25, 0.3) is 0 Å². The Morgan fingerprint density at radius 2 is 1.75 bits per heavy atom. The molecule has 28 heavy (non-hydrogen) atoms. The van der Waals surface area contributed by atoms with Gasteiger partial charge in [0.15, 0.2) is 0 Å². The highest BCUT2D eigenvalue weighted by Gasteiger charge is 2.26. The number of rotatable bonds is 9. The Balaban J connectivity index is 2.83. The molecule has 0 radical (unpaired) electrons. The zero-order chi connectivity index (χ0) is 21.4. The number of benzene rings is 1. The van der Waals surface area contributed by atoms with Gasteiger partial charge in [-0.2, -0.15) is 0 Å². The van der Waals surface area contributed by atoms with Crippen molar-refractivity contribution in [2.75, 3.05) is 20.1 Å². The van der Waals surface area contributed by atoms with Gasteiger partial charge in [0, 0.05) is 6.42 Å². The number of hydrogen-bond donors (Lipinski definition) is 2. The van der Waals surface area contributed by atoms with Gasteiger partial charge in [-0.3, -0.25) is 4.57 Å². The molecule has 1 aromatic rings. The minimum atomic E-state index is -3.12. The second-order valence-corrected chi connectivity index (χ2v) is 9.76. The lowest BCUT2D eigenvalue weighted by Crippen LogP contribution is -2.45. The number of aliphatic hydroxyl groups excluding tert-OH is 1. The standard InChI is InChI=1S/C19H30NO7P/c1-6-26-28(24,13-21)12-15-9-7-14(8-10-15)11-16(17(22)25-5)20-18(23)27-19(2,3)4/h7-10,16,21H,6,11-13H2,1-5H3,(H,20,23)/t16-,28?/m0/s1. The van der Waals surface area contributed by atoms with Crippen LogP contribution in [0, 0.1) is 0 Å². The van der Waals surface area contributed by atoms with E-state index in [1.165, 1.54) is 7.11 Å². The van der Waals surface area contributed by atoms with Gasteiger partial charge in [-0.1, -0.05) is 24.3 Å². The average Bonchev–Trinajstić information content (AvgIpc) is 2.60. The lowest BCUT2D eigenvalue weighted by molar-refractivity contribution is -0.143. The fourth-order valence-corrected chi connectivity index (χ4v) is 3.96. The fraction of sp³-hybridized carbons (Fsp3) is 0.579. The van der Waals surface area contributed by atoms with Crippen LogP contribution < -0.4 is 5.32 Å². The first-order chi connectivity index (χ1) is 13.0. The lowest BCUT2D eigenvalue weighted by atomic mass is 10.0. The Labute approximate surface area is 166 Å². The number of carbonyl (C=O) groups is 2. The minimum absolute atomic E-state index is 0.119. The third-order valence-electron chi connectivity index (χ3n) is 3.64. The van der Waals surface area contributed by atoms with Gasteiger partial charge in [-0.05, 0) is 38.8 Å². The molecular formula is C19H30NO7P. The van der Waals surface area contributed by atoms with E-state index >= 15 is 0 Å². The summed E-state index contributed by atoms with van der Waals surface area (Å²) in [7, 11) is -1.87. The van der Waals surface area contributed by atoms with Crippen molar-refractivity contribution < 1.29 is 33.3 Å². The molecule has 0 saturated heterocycles. The predicted octanol–water partition coefficient (Wildman–Crippen LogP) is 3.06. The number of aliphatic hydroxyl groups is 1. The maximum atomic E-state index is 12.4. The fourth-order valence-electron chi connectivity index (χ4n) is 2.45. The van der Waals surface area contributed by atoms with Crippen LogP contribution in [0.2, 0.25) is 0 Å². The van der Waals surface area contributed by atoms with Crippen LogP contribution in [0.15, 0.2) is 24.3 Å². The number of alkyl carbamates (subject to hydrolysis) is 1.